The largest absolute Gasteiger partial charge is 0.462 e. The van der Waals surface area contributed by atoms with Crippen molar-refractivity contribution in [2.24, 2.45) is 0 Å². The highest BCUT2D eigenvalue weighted by molar-refractivity contribution is 5.88. The number of hydrogen-bond donors (Lipinski definition) is 0. The standard InChI is InChI=1S/C12H16N2O3/c1-3-17-12(16)9-7-13-10-6-4-5-8(2)14(10)11(9)15/h7-8H,3-6H2,1-2H3. The van der Waals surface area contributed by atoms with Gasteiger partial charge in [0.1, 0.15) is 11.4 Å². The second-order valence-electron chi connectivity index (χ2n) is 4.22. The first-order valence-electron chi connectivity index (χ1n) is 5.92. The lowest BCUT2D eigenvalue weighted by Gasteiger charge is -2.24. The number of hydrogen-bond acceptors (Lipinski definition) is 4. The van der Waals surface area contributed by atoms with E-state index in [0.29, 0.717) is 0 Å². The van der Waals surface area contributed by atoms with Crippen LogP contribution in [0, 0.1) is 0 Å². The Labute approximate surface area is 99.4 Å². The van der Waals surface area contributed by atoms with E-state index in [4.69, 9.17) is 4.74 Å². The number of carbonyl (C=O) groups excluding carboxylic acids is 1. The topological polar surface area (TPSA) is 61.2 Å². The second kappa shape index (κ2) is 4.69. The van der Waals surface area contributed by atoms with Crippen molar-refractivity contribution < 1.29 is 9.53 Å². The molecule has 1 aliphatic rings. The molecule has 1 aromatic heterocycles. The van der Waals surface area contributed by atoms with Gasteiger partial charge in [-0.2, -0.15) is 0 Å². The van der Waals surface area contributed by atoms with Crippen molar-refractivity contribution in [1.82, 2.24) is 9.55 Å². The Balaban J connectivity index is 2.48. The Kier molecular flexibility index (Phi) is 3.26. The van der Waals surface area contributed by atoms with Gasteiger partial charge in [0.25, 0.3) is 5.56 Å². The summed E-state index contributed by atoms with van der Waals surface area (Å²) in [4.78, 5) is 27.9. The van der Waals surface area contributed by atoms with Crippen LogP contribution < -0.4 is 5.56 Å². The maximum Gasteiger partial charge on any atom is 0.345 e. The summed E-state index contributed by atoms with van der Waals surface area (Å²) in [6, 6.07) is 0.105. The molecule has 5 nitrogen and oxygen atoms in total. The van der Waals surface area contributed by atoms with E-state index in [0.717, 1.165) is 25.1 Å². The predicted octanol–water partition coefficient (Wildman–Crippen LogP) is 1.32. The molecule has 1 aliphatic heterocycles. The lowest BCUT2D eigenvalue weighted by atomic mass is 10.1. The normalized spacial score (nSPS) is 18.6. The van der Waals surface area contributed by atoms with Crippen LogP contribution in [0.15, 0.2) is 11.0 Å². The van der Waals surface area contributed by atoms with Gasteiger partial charge in [-0.15, -0.1) is 0 Å². The SMILES string of the molecule is CCOC(=O)c1cnc2n(c1=O)C(C)CCC2. The molecular formula is C12H16N2O3. The molecule has 0 fully saturated rings. The molecule has 2 heterocycles. The number of rotatable bonds is 2. The van der Waals surface area contributed by atoms with Crippen LogP contribution in [0.4, 0.5) is 0 Å². The van der Waals surface area contributed by atoms with Gasteiger partial charge in [-0.3, -0.25) is 9.36 Å². The molecule has 0 spiro atoms. The third-order valence-electron chi connectivity index (χ3n) is 3.03. The molecule has 0 amide bonds. The van der Waals surface area contributed by atoms with E-state index in [1.165, 1.54) is 6.20 Å². The molecule has 0 N–H and O–H groups in total. The minimum absolute atomic E-state index is 0.0318. The summed E-state index contributed by atoms with van der Waals surface area (Å²) in [5.41, 5.74) is -0.245. The molecule has 0 bridgehead atoms. The molecule has 0 aromatic carbocycles. The summed E-state index contributed by atoms with van der Waals surface area (Å²) in [5, 5.41) is 0. The molecule has 17 heavy (non-hydrogen) atoms. The lowest BCUT2D eigenvalue weighted by Crippen LogP contribution is -2.34. The van der Waals surface area contributed by atoms with Crippen LogP contribution in [0.1, 0.15) is 48.9 Å². The van der Waals surface area contributed by atoms with Crippen molar-refractivity contribution in [2.75, 3.05) is 6.61 Å². The molecule has 92 valence electrons. The van der Waals surface area contributed by atoms with Crippen molar-refractivity contribution in [2.45, 2.75) is 39.2 Å². The Bertz CT molecular complexity index is 493. The quantitative estimate of drug-likeness (QED) is 0.726. The van der Waals surface area contributed by atoms with Crippen LogP contribution in [0.3, 0.4) is 0 Å². The Hall–Kier alpha value is -1.65. The third-order valence-corrected chi connectivity index (χ3v) is 3.03. The van der Waals surface area contributed by atoms with E-state index >= 15 is 0 Å². The van der Waals surface area contributed by atoms with E-state index in [1.807, 2.05) is 6.92 Å². The minimum atomic E-state index is -0.585. The van der Waals surface area contributed by atoms with Crippen molar-refractivity contribution in [3.8, 4) is 0 Å². The zero-order valence-corrected chi connectivity index (χ0v) is 10.1. The third kappa shape index (κ3) is 2.09. The van der Waals surface area contributed by atoms with Gasteiger partial charge >= 0.3 is 5.97 Å². The van der Waals surface area contributed by atoms with Gasteiger partial charge < -0.3 is 4.74 Å². The summed E-state index contributed by atoms with van der Waals surface area (Å²) in [5.74, 6) is 0.180. The van der Waals surface area contributed by atoms with Gasteiger partial charge in [-0.05, 0) is 26.7 Å². The van der Waals surface area contributed by atoms with E-state index in [9.17, 15) is 9.59 Å². The van der Waals surface area contributed by atoms with Gasteiger partial charge in [0.15, 0.2) is 0 Å². The monoisotopic (exact) mass is 236 g/mol. The van der Waals surface area contributed by atoms with Crippen LogP contribution >= 0.6 is 0 Å². The summed E-state index contributed by atoms with van der Waals surface area (Å²) < 4.78 is 6.46. The molecule has 1 aromatic rings. The minimum Gasteiger partial charge on any atom is -0.462 e. The number of carbonyl (C=O) groups is 1. The van der Waals surface area contributed by atoms with Gasteiger partial charge in [-0.1, -0.05) is 0 Å². The zero-order chi connectivity index (χ0) is 12.4. The van der Waals surface area contributed by atoms with Gasteiger partial charge in [0.2, 0.25) is 0 Å². The Morgan fingerprint density at radius 3 is 3.12 bits per heavy atom. The molecule has 0 aliphatic carbocycles. The van der Waals surface area contributed by atoms with Crippen LogP contribution in [0.2, 0.25) is 0 Å². The van der Waals surface area contributed by atoms with Crippen molar-refractivity contribution in [3.63, 3.8) is 0 Å². The number of nitrogens with zero attached hydrogens (tertiary/aromatic N) is 2. The highest BCUT2D eigenvalue weighted by Gasteiger charge is 2.22. The molecule has 0 saturated heterocycles. The fourth-order valence-corrected chi connectivity index (χ4v) is 2.18. The van der Waals surface area contributed by atoms with Crippen molar-refractivity contribution >= 4 is 5.97 Å². The van der Waals surface area contributed by atoms with E-state index in [-0.39, 0.29) is 23.8 Å². The predicted molar refractivity (Wildman–Crippen MR) is 62.1 cm³/mol. The van der Waals surface area contributed by atoms with Gasteiger partial charge in [0, 0.05) is 18.7 Å². The van der Waals surface area contributed by atoms with Gasteiger partial charge in [0.05, 0.1) is 6.61 Å². The van der Waals surface area contributed by atoms with Crippen molar-refractivity contribution in [3.05, 3.63) is 27.9 Å². The average Bonchev–Trinajstić information content (AvgIpc) is 2.29. The summed E-state index contributed by atoms with van der Waals surface area (Å²) >= 11 is 0. The molecule has 1 atom stereocenters. The first-order valence-corrected chi connectivity index (χ1v) is 5.92. The van der Waals surface area contributed by atoms with Crippen LogP contribution in [0.5, 0.6) is 0 Å². The Morgan fingerprint density at radius 1 is 1.65 bits per heavy atom. The van der Waals surface area contributed by atoms with E-state index < -0.39 is 5.97 Å². The molecule has 5 heteroatoms. The maximum absolute atomic E-state index is 12.2. The number of esters is 1. The molecular weight excluding hydrogens is 220 g/mol. The lowest BCUT2D eigenvalue weighted by molar-refractivity contribution is 0.0522. The fraction of sp³-hybridized carbons (Fsp3) is 0.583. The summed E-state index contributed by atoms with van der Waals surface area (Å²) in [7, 11) is 0. The van der Waals surface area contributed by atoms with E-state index in [1.54, 1.807) is 11.5 Å². The fourth-order valence-electron chi connectivity index (χ4n) is 2.18. The van der Waals surface area contributed by atoms with Gasteiger partial charge in [-0.25, -0.2) is 9.78 Å². The molecule has 1 unspecified atom stereocenters. The Morgan fingerprint density at radius 2 is 2.41 bits per heavy atom. The number of ether oxygens (including phenoxy) is 1. The molecule has 0 radical (unpaired) electrons. The molecule has 2 rings (SSSR count). The van der Waals surface area contributed by atoms with Crippen molar-refractivity contribution in [1.29, 1.82) is 0 Å². The van der Waals surface area contributed by atoms with Crippen LogP contribution in [-0.2, 0) is 11.2 Å². The number of aromatic nitrogens is 2. The van der Waals surface area contributed by atoms with E-state index in [2.05, 4.69) is 4.98 Å². The number of fused-ring (bicyclic) bond motifs is 1. The molecule has 0 saturated carbocycles. The highest BCUT2D eigenvalue weighted by Crippen LogP contribution is 2.20. The average molecular weight is 236 g/mol. The second-order valence-corrected chi connectivity index (χ2v) is 4.22. The first-order chi connectivity index (χ1) is 8.15. The highest BCUT2D eigenvalue weighted by atomic mass is 16.5. The summed E-state index contributed by atoms with van der Waals surface area (Å²) in [6.07, 6.45) is 4.11. The summed E-state index contributed by atoms with van der Waals surface area (Å²) in [6.45, 7) is 3.94. The maximum atomic E-state index is 12.2. The smallest absolute Gasteiger partial charge is 0.345 e. The van der Waals surface area contributed by atoms with Crippen LogP contribution in [-0.4, -0.2) is 22.1 Å². The zero-order valence-electron chi connectivity index (χ0n) is 10.1. The van der Waals surface area contributed by atoms with Crippen LogP contribution in [0.25, 0.3) is 0 Å². The first kappa shape index (κ1) is 11.8. The number of aryl methyl sites for hydroxylation is 1.